The van der Waals surface area contributed by atoms with Crippen LogP contribution in [0.2, 0.25) is 10.0 Å². The van der Waals surface area contributed by atoms with Gasteiger partial charge in [-0.3, -0.25) is 4.79 Å². The predicted octanol–water partition coefficient (Wildman–Crippen LogP) is 4.71. The fraction of sp³-hybridized carbons (Fsp3) is 0.0588. The van der Waals surface area contributed by atoms with Gasteiger partial charge in [-0.25, -0.2) is 9.97 Å². The van der Waals surface area contributed by atoms with Crippen LogP contribution >= 0.6 is 34.5 Å². The minimum absolute atomic E-state index is 0.156. The summed E-state index contributed by atoms with van der Waals surface area (Å²) < 4.78 is 0. The monoisotopic (exact) mass is 405 g/mol. The molecule has 3 aromatic rings. The highest BCUT2D eigenvalue weighted by atomic mass is 35.5. The molecule has 1 aromatic carbocycles. The van der Waals surface area contributed by atoms with Crippen molar-refractivity contribution in [2.24, 2.45) is 0 Å². The number of thiazole rings is 1. The van der Waals surface area contributed by atoms with Crippen LogP contribution in [-0.2, 0) is 6.54 Å². The first-order valence-corrected chi connectivity index (χ1v) is 9.10. The second-order valence-corrected chi connectivity index (χ2v) is 6.93. The second kappa shape index (κ2) is 8.27. The van der Waals surface area contributed by atoms with Crippen LogP contribution in [0.5, 0.6) is 0 Å². The molecule has 0 spiro atoms. The maximum Gasteiger partial charge on any atom is 0.258 e. The van der Waals surface area contributed by atoms with E-state index in [0.29, 0.717) is 28.6 Å². The molecule has 0 aliphatic rings. The number of carbonyl (C=O) groups excluding carboxylic acids is 1. The van der Waals surface area contributed by atoms with Crippen molar-refractivity contribution in [2.45, 2.75) is 6.54 Å². The average Bonchev–Trinajstić information content (AvgIpc) is 3.15. The summed E-state index contributed by atoms with van der Waals surface area (Å²) >= 11 is 13.7. The number of halogens is 2. The predicted molar refractivity (Wildman–Crippen MR) is 106 cm³/mol. The highest BCUT2D eigenvalue weighted by molar-refractivity contribution is 7.09. The van der Waals surface area contributed by atoms with Crippen LogP contribution in [0.3, 0.4) is 0 Å². The van der Waals surface area contributed by atoms with E-state index in [4.69, 9.17) is 28.6 Å². The van der Waals surface area contributed by atoms with E-state index in [1.165, 1.54) is 17.5 Å². The molecule has 0 bridgehead atoms. The number of benzene rings is 1. The first-order valence-electron chi connectivity index (χ1n) is 7.46. The van der Waals surface area contributed by atoms with Gasteiger partial charge in [0.1, 0.15) is 10.8 Å². The Kier molecular flexibility index (Phi) is 5.82. The molecule has 2 heterocycles. The molecule has 9 heteroatoms. The summed E-state index contributed by atoms with van der Waals surface area (Å²) in [6, 6.07) is 6.71. The highest BCUT2D eigenvalue weighted by Gasteiger charge is 2.17. The van der Waals surface area contributed by atoms with Gasteiger partial charge in [0.15, 0.2) is 0 Å². The number of carbonyl (C=O) groups is 1. The van der Waals surface area contributed by atoms with Gasteiger partial charge in [-0.15, -0.1) is 11.3 Å². The van der Waals surface area contributed by atoms with Crippen LogP contribution < -0.4 is 10.6 Å². The van der Waals surface area contributed by atoms with E-state index in [1.807, 2.05) is 5.38 Å². The van der Waals surface area contributed by atoms with Crippen LogP contribution in [0.25, 0.3) is 0 Å². The lowest BCUT2D eigenvalue weighted by atomic mass is 10.1. The third-order valence-corrected chi connectivity index (χ3v) is 4.87. The third-order valence-electron chi connectivity index (χ3n) is 3.43. The minimum Gasteiger partial charge on any atom is -0.363 e. The van der Waals surface area contributed by atoms with Crippen LogP contribution in [0.15, 0.2) is 42.0 Å². The molecule has 0 saturated carbocycles. The molecule has 0 saturated heterocycles. The summed E-state index contributed by atoms with van der Waals surface area (Å²) in [7, 11) is 0. The number of nitrogens with one attached hydrogen (secondary N) is 3. The lowest BCUT2D eigenvalue weighted by Crippen LogP contribution is -2.15. The zero-order chi connectivity index (χ0) is 18.5. The van der Waals surface area contributed by atoms with E-state index in [2.05, 4.69) is 20.6 Å². The van der Waals surface area contributed by atoms with Crippen molar-refractivity contribution in [2.75, 3.05) is 10.6 Å². The molecule has 2 aromatic heterocycles. The molecule has 3 N–H and O–H groups in total. The summed E-state index contributed by atoms with van der Waals surface area (Å²) in [6.45, 7) is 0.457. The van der Waals surface area contributed by atoms with Gasteiger partial charge in [-0.05, 0) is 24.3 Å². The van der Waals surface area contributed by atoms with Crippen LogP contribution in [-0.4, -0.2) is 22.1 Å². The summed E-state index contributed by atoms with van der Waals surface area (Å²) in [5.41, 5.74) is 1.10. The molecule has 0 atom stereocenters. The number of nitrogens with zero attached hydrogens (tertiary/aromatic N) is 2. The number of rotatable bonds is 6. The Morgan fingerprint density at radius 2 is 2.00 bits per heavy atom. The second-order valence-electron chi connectivity index (χ2n) is 5.13. The Bertz CT molecular complexity index is 929. The topological polar surface area (TPSA) is 90.8 Å². The zero-order valence-electron chi connectivity index (χ0n) is 13.3. The fourth-order valence-electron chi connectivity index (χ4n) is 2.17. The standard InChI is InChI=1S/C17H13Cl2N5OS/c18-10-1-3-11(4-2-10)24-17(25)13-8-22-16(12(7-20)15(13)19)23-9-14-21-5-6-26-14/h1-8,20H,9H2,(H,22,23)(H,24,25). The number of amides is 1. The molecule has 0 aliphatic carbocycles. The average molecular weight is 406 g/mol. The van der Waals surface area contributed by atoms with Crippen molar-refractivity contribution in [1.29, 1.82) is 5.41 Å². The number of aromatic nitrogens is 2. The number of hydrogen-bond acceptors (Lipinski definition) is 6. The first-order chi connectivity index (χ1) is 12.6. The van der Waals surface area contributed by atoms with Gasteiger partial charge in [-0.1, -0.05) is 23.2 Å². The molecule has 0 fully saturated rings. The molecule has 6 nitrogen and oxygen atoms in total. The van der Waals surface area contributed by atoms with E-state index in [-0.39, 0.29) is 10.6 Å². The van der Waals surface area contributed by atoms with E-state index in [1.54, 1.807) is 30.5 Å². The Labute approximate surface area is 163 Å². The quantitative estimate of drug-likeness (QED) is 0.518. The van der Waals surface area contributed by atoms with Gasteiger partial charge in [0.25, 0.3) is 5.91 Å². The van der Waals surface area contributed by atoms with Crippen molar-refractivity contribution < 1.29 is 4.79 Å². The van der Waals surface area contributed by atoms with E-state index < -0.39 is 5.91 Å². The maximum atomic E-state index is 12.5. The highest BCUT2D eigenvalue weighted by Crippen LogP contribution is 2.26. The van der Waals surface area contributed by atoms with Gasteiger partial charge in [0.05, 0.1) is 22.7 Å². The van der Waals surface area contributed by atoms with Crippen molar-refractivity contribution in [3.8, 4) is 0 Å². The van der Waals surface area contributed by atoms with Crippen LogP contribution in [0, 0.1) is 5.41 Å². The minimum atomic E-state index is -0.417. The largest absolute Gasteiger partial charge is 0.363 e. The Morgan fingerprint density at radius 3 is 2.65 bits per heavy atom. The smallest absolute Gasteiger partial charge is 0.258 e. The molecular formula is C17H13Cl2N5OS. The molecule has 0 radical (unpaired) electrons. The Balaban J connectivity index is 1.80. The lowest BCUT2D eigenvalue weighted by molar-refractivity contribution is 0.102. The summed E-state index contributed by atoms with van der Waals surface area (Å²) in [5.74, 6) is 0.00244. The van der Waals surface area contributed by atoms with Gasteiger partial charge in [0.2, 0.25) is 0 Å². The number of hydrogen-bond donors (Lipinski definition) is 3. The van der Waals surface area contributed by atoms with Gasteiger partial charge >= 0.3 is 0 Å². The van der Waals surface area contributed by atoms with Gasteiger partial charge < -0.3 is 16.0 Å². The van der Waals surface area contributed by atoms with Crippen molar-refractivity contribution in [1.82, 2.24) is 9.97 Å². The zero-order valence-corrected chi connectivity index (χ0v) is 15.6. The summed E-state index contributed by atoms with van der Waals surface area (Å²) in [4.78, 5) is 20.9. The normalized spacial score (nSPS) is 10.4. The third kappa shape index (κ3) is 4.19. The summed E-state index contributed by atoms with van der Waals surface area (Å²) in [6.07, 6.45) is 4.16. The van der Waals surface area contributed by atoms with E-state index in [0.717, 1.165) is 11.2 Å². The van der Waals surface area contributed by atoms with Gasteiger partial charge in [-0.2, -0.15) is 0 Å². The molecule has 132 valence electrons. The van der Waals surface area contributed by atoms with Crippen molar-refractivity contribution >= 4 is 58.2 Å². The molecule has 3 rings (SSSR count). The fourth-order valence-corrected chi connectivity index (χ4v) is 3.13. The Morgan fingerprint density at radius 1 is 1.23 bits per heavy atom. The molecule has 1 amide bonds. The summed E-state index contributed by atoms with van der Waals surface area (Å²) in [5, 5.41) is 16.9. The maximum absolute atomic E-state index is 12.5. The number of anilines is 2. The number of pyridine rings is 1. The van der Waals surface area contributed by atoms with Crippen LogP contribution in [0.4, 0.5) is 11.5 Å². The van der Waals surface area contributed by atoms with E-state index >= 15 is 0 Å². The molecule has 0 aliphatic heterocycles. The molecular weight excluding hydrogens is 393 g/mol. The van der Waals surface area contributed by atoms with Crippen molar-refractivity contribution in [3.63, 3.8) is 0 Å². The van der Waals surface area contributed by atoms with Crippen LogP contribution in [0.1, 0.15) is 20.9 Å². The SMILES string of the molecule is N=Cc1c(NCc2nccs2)ncc(C(=O)Nc2ccc(Cl)cc2)c1Cl. The first kappa shape index (κ1) is 18.3. The molecule has 26 heavy (non-hydrogen) atoms. The Hall–Kier alpha value is -2.48. The van der Waals surface area contributed by atoms with Crippen molar-refractivity contribution in [3.05, 3.63) is 68.2 Å². The van der Waals surface area contributed by atoms with Gasteiger partial charge in [0, 0.05) is 34.7 Å². The molecule has 0 unspecified atom stereocenters. The lowest BCUT2D eigenvalue weighted by Gasteiger charge is -2.12. The van der Waals surface area contributed by atoms with E-state index in [9.17, 15) is 4.79 Å².